The van der Waals surface area contributed by atoms with Gasteiger partial charge < -0.3 is 4.90 Å². The molecular formula is C17H14F2N2. The number of benzene rings is 2. The maximum absolute atomic E-state index is 13.1. The van der Waals surface area contributed by atoms with Crippen LogP contribution in [0.1, 0.15) is 17.2 Å². The quantitative estimate of drug-likeness (QED) is 0.834. The molecule has 3 rings (SSSR count). The van der Waals surface area contributed by atoms with Crippen molar-refractivity contribution in [3.63, 3.8) is 0 Å². The van der Waals surface area contributed by atoms with E-state index in [9.17, 15) is 8.78 Å². The maximum Gasteiger partial charge on any atom is 0.123 e. The first-order chi connectivity index (χ1) is 10.2. The number of nitrogens with zero attached hydrogens (tertiary/aromatic N) is 2. The van der Waals surface area contributed by atoms with Crippen LogP contribution in [-0.4, -0.2) is 17.7 Å². The largest absolute Gasteiger partial charge is 0.360 e. The van der Waals surface area contributed by atoms with Gasteiger partial charge in [-0.1, -0.05) is 24.3 Å². The topological polar surface area (TPSA) is 15.6 Å². The molecule has 0 aliphatic carbocycles. The van der Waals surface area contributed by atoms with Gasteiger partial charge in [-0.05, 0) is 35.4 Å². The molecule has 4 heteroatoms. The Morgan fingerprint density at radius 2 is 1.38 bits per heavy atom. The highest BCUT2D eigenvalue weighted by Crippen LogP contribution is 2.29. The van der Waals surface area contributed by atoms with Crippen LogP contribution in [0.15, 0.2) is 65.9 Å². The standard InChI is InChI=1S/C17H14F2N2/c18-15-5-1-13(2-6-15)17(21-11-9-20-10-12-21)14-3-7-16(19)8-4-14/h1-11,17H,12H2. The molecule has 2 aromatic rings. The highest BCUT2D eigenvalue weighted by atomic mass is 19.1. The molecule has 0 N–H and O–H groups in total. The van der Waals surface area contributed by atoms with Crippen LogP contribution in [0.3, 0.4) is 0 Å². The van der Waals surface area contributed by atoms with E-state index in [-0.39, 0.29) is 17.7 Å². The minimum Gasteiger partial charge on any atom is -0.360 e. The molecule has 0 atom stereocenters. The van der Waals surface area contributed by atoms with Gasteiger partial charge in [0, 0.05) is 18.6 Å². The molecule has 2 aromatic carbocycles. The Bertz CT molecular complexity index is 615. The SMILES string of the molecule is Fc1ccc(C(c2ccc(F)cc2)N2C=CN=CC2)cc1. The van der Waals surface area contributed by atoms with Crippen LogP contribution < -0.4 is 0 Å². The zero-order valence-electron chi connectivity index (χ0n) is 11.3. The maximum atomic E-state index is 13.1. The minimum absolute atomic E-state index is 0.103. The van der Waals surface area contributed by atoms with Crippen molar-refractivity contribution in [1.29, 1.82) is 0 Å². The van der Waals surface area contributed by atoms with Crippen LogP contribution in [0.25, 0.3) is 0 Å². The second-order valence-corrected chi connectivity index (χ2v) is 4.83. The van der Waals surface area contributed by atoms with Crippen LogP contribution in [-0.2, 0) is 0 Å². The molecule has 0 saturated carbocycles. The zero-order valence-corrected chi connectivity index (χ0v) is 11.3. The summed E-state index contributed by atoms with van der Waals surface area (Å²) in [5.41, 5.74) is 1.89. The van der Waals surface area contributed by atoms with Gasteiger partial charge in [-0.3, -0.25) is 4.99 Å². The molecule has 0 aromatic heterocycles. The van der Waals surface area contributed by atoms with Crippen molar-refractivity contribution in [1.82, 2.24) is 4.90 Å². The Morgan fingerprint density at radius 1 is 0.857 bits per heavy atom. The third kappa shape index (κ3) is 2.99. The summed E-state index contributed by atoms with van der Waals surface area (Å²) in [5, 5.41) is 0. The molecule has 0 saturated heterocycles. The number of halogens is 2. The van der Waals surface area contributed by atoms with Crippen molar-refractivity contribution in [2.45, 2.75) is 6.04 Å². The summed E-state index contributed by atoms with van der Waals surface area (Å²) in [4.78, 5) is 6.13. The van der Waals surface area contributed by atoms with Gasteiger partial charge in [0.2, 0.25) is 0 Å². The Morgan fingerprint density at radius 3 is 1.81 bits per heavy atom. The summed E-state index contributed by atoms with van der Waals surface area (Å²) >= 11 is 0. The molecule has 0 bridgehead atoms. The van der Waals surface area contributed by atoms with Gasteiger partial charge >= 0.3 is 0 Å². The lowest BCUT2D eigenvalue weighted by molar-refractivity contribution is 0.357. The van der Waals surface area contributed by atoms with Gasteiger partial charge in [-0.2, -0.15) is 0 Å². The van der Waals surface area contributed by atoms with Crippen molar-refractivity contribution < 1.29 is 8.78 Å². The lowest BCUT2D eigenvalue weighted by atomic mass is 9.97. The monoisotopic (exact) mass is 284 g/mol. The summed E-state index contributed by atoms with van der Waals surface area (Å²) in [6, 6.07) is 12.7. The van der Waals surface area contributed by atoms with Crippen molar-refractivity contribution in [3.8, 4) is 0 Å². The molecule has 1 aliphatic rings. The summed E-state index contributed by atoms with van der Waals surface area (Å²) in [6.07, 6.45) is 5.40. The van der Waals surface area contributed by atoms with E-state index >= 15 is 0 Å². The van der Waals surface area contributed by atoms with Crippen LogP contribution >= 0.6 is 0 Å². The summed E-state index contributed by atoms with van der Waals surface area (Å²) in [7, 11) is 0. The number of aliphatic imine (C=N–C) groups is 1. The fourth-order valence-electron chi connectivity index (χ4n) is 2.44. The Kier molecular flexibility index (Phi) is 3.77. The molecular weight excluding hydrogens is 270 g/mol. The summed E-state index contributed by atoms with van der Waals surface area (Å²) in [6.45, 7) is 0.649. The minimum atomic E-state index is -0.271. The predicted octanol–water partition coefficient (Wildman–Crippen LogP) is 3.91. The van der Waals surface area contributed by atoms with E-state index < -0.39 is 0 Å². The highest BCUT2D eigenvalue weighted by Gasteiger charge is 2.20. The van der Waals surface area contributed by atoms with Crippen LogP contribution in [0.4, 0.5) is 8.78 Å². The normalized spacial score (nSPS) is 14.0. The molecule has 1 aliphatic heterocycles. The van der Waals surface area contributed by atoms with Gasteiger partial charge in [0.1, 0.15) is 11.6 Å². The fraction of sp³-hybridized carbons (Fsp3) is 0.118. The molecule has 0 unspecified atom stereocenters. The second kappa shape index (κ2) is 5.87. The molecule has 0 amide bonds. The van der Waals surface area contributed by atoms with Crippen molar-refractivity contribution >= 4 is 6.21 Å². The lowest BCUT2D eigenvalue weighted by Gasteiger charge is -2.31. The summed E-state index contributed by atoms with van der Waals surface area (Å²) in [5.74, 6) is -0.542. The van der Waals surface area contributed by atoms with Gasteiger partial charge in [-0.25, -0.2) is 8.78 Å². The third-order valence-corrected chi connectivity index (χ3v) is 3.45. The molecule has 106 valence electrons. The van der Waals surface area contributed by atoms with E-state index in [1.807, 2.05) is 6.20 Å². The smallest absolute Gasteiger partial charge is 0.123 e. The fourth-order valence-corrected chi connectivity index (χ4v) is 2.44. The molecule has 0 fully saturated rings. The van der Waals surface area contributed by atoms with E-state index in [4.69, 9.17) is 0 Å². The highest BCUT2D eigenvalue weighted by molar-refractivity contribution is 5.62. The van der Waals surface area contributed by atoms with Crippen molar-refractivity contribution in [2.24, 2.45) is 4.99 Å². The van der Waals surface area contributed by atoms with Crippen LogP contribution in [0.2, 0.25) is 0 Å². The van der Waals surface area contributed by atoms with Gasteiger partial charge in [-0.15, -0.1) is 0 Å². The molecule has 0 spiro atoms. The van der Waals surface area contributed by atoms with E-state index in [0.29, 0.717) is 6.54 Å². The van der Waals surface area contributed by atoms with E-state index in [2.05, 4.69) is 9.89 Å². The predicted molar refractivity (Wildman–Crippen MR) is 79.0 cm³/mol. The number of hydrogen-bond donors (Lipinski definition) is 0. The first kappa shape index (κ1) is 13.5. The van der Waals surface area contributed by atoms with E-state index in [0.717, 1.165) is 11.1 Å². The number of rotatable bonds is 3. The van der Waals surface area contributed by atoms with Crippen molar-refractivity contribution in [3.05, 3.63) is 83.7 Å². The van der Waals surface area contributed by atoms with Gasteiger partial charge in [0.05, 0.1) is 12.6 Å². The van der Waals surface area contributed by atoms with Crippen LogP contribution in [0.5, 0.6) is 0 Å². The molecule has 21 heavy (non-hydrogen) atoms. The third-order valence-electron chi connectivity index (χ3n) is 3.45. The zero-order chi connectivity index (χ0) is 14.7. The molecule has 0 radical (unpaired) electrons. The summed E-state index contributed by atoms with van der Waals surface area (Å²) < 4.78 is 26.3. The first-order valence-electron chi connectivity index (χ1n) is 6.69. The average Bonchev–Trinajstić information content (AvgIpc) is 2.52. The van der Waals surface area contributed by atoms with Gasteiger partial charge in [0.15, 0.2) is 0 Å². The molecule has 2 nitrogen and oxygen atoms in total. The van der Waals surface area contributed by atoms with Gasteiger partial charge in [0.25, 0.3) is 0 Å². The van der Waals surface area contributed by atoms with E-state index in [1.54, 1.807) is 36.7 Å². The first-order valence-corrected chi connectivity index (χ1v) is 6.69. The van der Waals surface area contributed by atoms with Crippen LogP contribution in [0, 0.1) is 11.6 Å². The molecule has 1 heterocycles. The van der Waals surface area contributed by atoms with Crippen molar-refractivity contribution in [2.75, 3.05) is 6.54 Å². The second-order valence-electron chi connectivity index (χ2n) is 4.83. The Labute approximate surface area is 122 Å². The number of hydrogen-bond acceptors (Lipinski definition) is 2. The van der Waals surface area contributed by atoms with E-state index in [1.165, 1.54) is 24.3 Å². The Hall–Kier alpha value is -2.49. The average molecular weight is 284 g/mol. The lowest BCUT2D eigenvalue weighted by Crippen LogP contribution is -2.27. The Balaban J connectivity index is 2.01.